The van der Waals surface area contributed by atoms with Crippen LogP contribution >= 0.6 is 0 Å². The molecule has 0 atom stereocenters. The number of rotatable bonds is 1. The zero-order valence-corrected chi connectivity index (χ0v) is 7.53. The fourth-order valence-corrected chi connectivity index (χ4v) is 1.56. The van der Waals surface area contributed by atoms with Gasteiger partial charge < -0.3 is 5.73 Å². The van der Waals surface area contributed by atoms with Crippen molar-refractivity contribution in [3.8, 4) is 23.7 Å². The van der Waals surface area contributed by atoms with Crippen molar-refractivity contribution in [1.82, 2.24) is 0 Å². The largest absolute Gasteiger partial charge is 0.347 e. The van der Waals surface area contributed by atoms with Gasteiger partial charge in [0.15, 0.2) is 0 Å². The maximum absolute atomic E-state index is 3.62. The molecule has 0 heterocycles. The van der Waals surface area contributed by atoms with E-state index in [0.29, 0.717) is 6.54 Å². The molecule has 0 saturated heterocycles. The van der Waals surface area contributed by atoms with Crippen molar-refractivity contribution in [2.24, 2.45) is 5.92 Å². The number of hydrogen-bond donors (Lipinski definition) is 1. The highest BCUT2D eigenvalue weighted by atomic mass is 14.5. The summed E-state index contributed by atoms with van der Waals surface area (Å²) in [5.74, 6) is 12.5. The lowest BCUT2D eigenvalue weighted by molar-refractivity contribution is -0.349. The maximum Gasteiger partial charge on any atom is 0.137 e. The zero-order valence-electron chi connectivity index (χ0n) is 7.53. The van der Waals surface area contributed by atoms with Gasteiger partial charge in [0, 0.05) is 6.42 Å². The van der Waals surface area contributed by atoms with Crippen LogP contribution in [0.15, 0.2) is 0 Å². The van der Waals surface area contributed by atoms with Crippen LogP contribution in [0, 0.1) is 29.6 Å². The van der Waals surface area contributed by atoms with E-state index < -0.39 is 0 Å². The normalized spacial score (nSPS) is 16.1. The highest BCUT2D eigenvalue weighted by molar-refractivity contribution is 5.25. The van der Waals surface area contributed by atoms with E-state index in [2.05, 4.69) is 29.4 Å². The van der Waals surface area contributed by atoms with Crippen molar-refractivity contribution >= 4 is 0 Å². The fraction of sp³-hybridized carbons (Fsp3) is 0.636. The Morgan fingerprint density at radius 2 is 1.75 bits per heavy atom. The van der Waals surface area contributed by atoms with Crippen molar-refractivity contribution < 1.29 is 5.73 Å². The molecular formula is C11H16N+. The second kappa shape index (κ2) is 5.70. The molecule has 0 spiro atoms. The van der Waals surface area contributed by atoms with Crippen LogP contribution < -0.4 is 5.73 Å². The maximum atomic E-state index is 3.62. The Hall–Kier alpha value is -0.920. The van der Waals surface area contributed by atoms with Crippen LogP contribution in [0.5, 0.6) is 0 Å². The van der Waals surface area contributed by atoms with Crippen molar-refractivity contribution in [1.29, 1.82) is 0 Å². The molecule has 1 aliphatic rings. The zero-order chi connectivity index (χ0) is 8.65. The first-order valence-corrected chi connectivity index (χ1v) is 4.68. The Balaban J connectivity index is 2.17. The predicted octanol–water partition coefficient (Wildman–Crippen LogP) is 0.815. The van der Waals surface area contributed by atoms with Gasteiger partial charge in [-0.05, 0) is 36.5 Å². The van der Waals surface area contributed by atoms with Gasteiger partial charge >= 0.3 is 0 Å². The summed E-state index contributed by atoms with van der Waals surface area (Å²) in [7, 11) is 0. The molecule has 0 bridgehead atoms. The van der Waals surface area contributed by atoms with Gasteiger partial charge in [0.05, 0.1) is 0 Å². The molecule has 0 aromatic carbocycles. The Kier molecular flexibility index (Phi) is 4.35. The second-order valence-corrected chi connectivity index (χ2v) is 3.21. The summed E-state index contributed by atoms with van der Waals surface area (Å²) in [4.78, 5) is 0. The molecule has 12 heavy (non-hydrogen) atoms. The molecule has 3 N–H and O–H groups in total. The quantitative estimate of drug-likeness (QED) is 0.553. The highest BCUT2D eigenvalue weighted by Gasteiger charge is 2.12. The van der Waals surface area contributed by atoms with Gasteiger partial charge in [-0.1, -0.05) is 18.8 Å². The molecule has 1 heteroatoms. The van der Waals surface area contributed by atoms with Crippen LogP contribution in [0.4, 0.5) is 0 Å². The van der Waals surface area contributed by atoms with Gasteiger partial charge in [0.2, 0.25) is 0 Å². The molecule has 0 radical (unpaired) electrons. The fourth-order valence-electron chi connectivity index (χ4n) is 1.56. The minimum atomic E-state index is 0.665. The van der Waals surface area contributed by atoms with E-state index in [-0.39, 0.29) is 0 Å². The minimum absolute atomic E-state index is 0.665. The van der Waals surface area contributed by atoms with Crippen molar-refractivity contribution in [2.45, 2.75) is 32.1 Å². The smallest absolute Gasteiger partial charge is 0.137 e. The van der Waals surface area contributed by atoms with E-state index >= 15 is 0 Å². The topological polar surface area (TPSA) is 27.6 Å². The summed E-state index contributed by atoms with van der Waals surface area (Å²) in [6, 6.07) is 0. The summed E-state index contributed by atoms with van der Waals surface area (Å²) in [6.45, 7) is 0.665. The first-order chi connectivity index (χ1) is 5.93. The number of hydrogen-bond acceptors (Lipinski definition) is 0. The van der Waals surface area contributed by atoms with Crippen LogP contribution in [0.1, 0.15) is 32.1 Å². The van der Waals surface area contributed by atoms with Crippen LogP contribution in [0.2, 0.25) is 0 Å². The predicted molar refractivity (Wildman–Crippen MR) is 49.9 cm³/mol. The third-order valence-corrected chi connectivity index (χ3v) is 2.23. The standard InChI is InChI=1S/C11H15N/c12-10-6-2-1-3-7-11-8-4-5-9-11/h11H,4-5,7-10,12H2/p+1. The molecule has 64 valence electrons. The van der Waals surface area contributed by atoms with Gasteiger partial charge in [-0.3, -0.25) is 0 Å². The van der Waals surface area contributed by atoms with E-state index in [1.807, 2.05) is 0 Å². The van der Waals surface area contributed by atoms with Gasteiger partial charge in [-0.2, -0.15) is 0 Å². The van der Waals surface area contributed by atoms with Crippen molar-refractivity contribution in [2.75, 3.05) is 6.54 Å². The van der Waals surface area contributed by atoms with E-state index in [1.165, 1.54) is 25.7 Å². The monoisotopic (exact) mass is 162 g/mol. The van der Waals surface area contributed by atoms with Crippen molar-refractivity contribution in [3.05, 3.63) is 0 Å². The Morgan fingerprint density at radius 1 is 1.08 bits per heavy atom. The SMILES string of the molecule is [NH3+]CC#CC#CCC1CCCC1. The molecule has 1 saturated carbocycles. The molecule has 0 aromatic rings. The minimum Gasteiger partial charge on any atom is -0.347 e. The summed E-state index contributed by atoms with van der Waals surface area (Å²) in [6.07, 6.45) is 6.59. The second-order valence-electron chi connectivity index (χ2n) is 3.21. The number of quaternary nitrogens is 1. The van der Waals surface area contributed by atoms with Crippen LogP contribution in [-0.4, -0.2) is 6.54 Å². The summed E-state index contributed by atoms with van der Waals surface area (Å²) in [5.41, 5.74) is 3.62. The Morgan fingerprint density at radius 3 is 2.42 bits per heavy atom. The first-order valence-electron chi connectivity index (χ1n) is 4.68. The van der Waals surface area contributed by atoms with E-state index in [9.17, 15) is 0 Å². The molecule has 0 unspecified atom stereocenters. The van der Waals surface area contributed by atoms with Gasteiger partial charge in [-0.25, -0.2) is 0 Å². The van der Waals surface area contributed by atoms with E-state index in [0.717, 1.165) is 12.3 Å². The highest BCUT2D eigenvalue weighted by Crippen LogP contribution is 2.26. The molecule has 0 aliphatic heterocycles. The lowest BCUT2D eigenvalue weighted by Gasteiger charge is -1.99. The van der Waals surface area contributed by atoms with Crippen molar-refractivity contribution in [3.63, 3.8) is 0 Å². The summed E-state index contributed by atoms with van der Waals surface area (Å²) < 4.78 is 0. The Labute approximate surface area is 74.7 Å². The third-order valence-electron chi connectivity index (χ3n) is 2.23. The average molecular weight is 162 g/mol. The molecule has 1 rings (SSSR count). The van der Waals surface area contributed by atoms with Gasteiger partial charge in [-0.15, -0.1) is 0 Å². The lowest BCUT2D eigenvalue weighted by Crippen LogP contribution is -2.49. The van der Waals surface area contributed by atoms with Crippen LogP contribution in [0.3, 0.4) is 0 Å². The summed E-state index contributed by atoms with van der Waals surface area (Å²) >= 11 is 0. The third kappa shape index (κ3) is 3.46. The average Bonchev–Trinajstić information content (AvgIpc) is 2.57. The molecular weight excluding hydrogens is 146 g/mol. The van der Waals surface area contributed by atoms with Gasteiger partial charge in [0.1, 0.15) is 6.54 Å². The van der Waals surface area contributed by atoms with Gasteiger partial charge in [0.25, 0.3) is 0 Å². The first kappa shape index (κ1) is 9.17. The van der Waals surface area contributed by atoms with Crippen LogP contribution in [0.25, 0.3) is 0 Å². The molecule has 1 nitrogen and oxygen atoms in total. The van der Waals surface area contributed by atoms with E-state index in [1.54, 1.807) is 0 Å². The lowest BCUT2D eigenvalue weighted by atomic mass is 10.1. The van der Waals surface area contributed by atoms with Crippen LogP contribution in [-0.2, 0) is 0 Å². The molecule has 1 fully saturated rings. The molecule has 1 aliphatic carbocycles. The Bertz CT molecular complexity index is 227. The van der Waals surface area contributed by atoms with E-state index in [4.69, 9.17) is 0 Å². The summed E-state index contributed by atoms with van der Waals surface area (Å²) in [5, 5.41) is 0. The molecule has 0 amide bonds. The molecule has 0 aromatic heterocycles.